The molecule has 1 aromatic carbocycles. The maximum absolute atomic E-state index is 5.76. The highest BCUT2D eigenvalue weighted by Crippen LogP contribution is 2.30. The quantitative estimate of drug-likeness (QED) is 0.573. The summed E-state index contributed by atoms with van der Waals surface area (Å²) in [7, 11) is 0. The molecular formula is C15H16N4S. The number of para-hydroxylation sites is 1. The molecule has 20 heavy (non-hydrogen) atoms. The van der Waals surface area contributed by atoms with Crippen LogP contribution in [-0.2, 0) is 0 Å². The molecule has 1 atom stereocenters. The zero-order valence-corrected chi connectivity index (χ0v) is 12.2. The third-order valence-electron chi connectivity index (χ3n) is 3.31. The molecule has 4 nitrogen and oxygen atoms in total. The Labute approximate surface area is 121 Å². The fourth-order valence-corrected chi connectivity index (χ4v) is 3.40. The van der Waals surface area contributed by atoms with Gasteiger partial charge in [0.15, 0.2) is 0 Å². The SMILES string of the molecule is Cc1nc(C)c(C(NN)c2cnc3ccccc3c2)s1. The number of aromatic nitrogens is 2. The van der Waals surface area contributed by atoms with E-state index in [0.717, 1.165) is 32.0 Å². The van der Waals surface area contributed by atoms with Crippen LogP contribution in [0.25, 0.3) is 10.9 Å². The molecule has 102 valence electrons. The Morgan fingerprint density at radius 1 is 1.25 bits per heavy atom. The van der Waals surface area contributed by atoms with Crippen LogP contribution in [0.5, 0.6) is 0 Å². The normalized spacial score (nSPS) is 12.8. The molecule has 0 bridgehead atoms. The number of fused-ring (bicyclic) bond motifs is 1. The van der Waals surface area contributed by atoms with Gasteiger partial charge < -0.3 is 0 Å². The van der Waals surface area contributed by atoms with E-state index < -0.39 is 0 Å². The number of nitrogens with zero attached hydrogens (tertiary/aromatic N) is 2. The summed E-state index contributed by atoms with van der Waals surface area (Å²) in [5.74, 6) is 5.76. The number of hydrogen-bond acceptors (Lipinski definition) is 5. The van der Waals surface area contributed by atoms with Gasteiger partial charge in [0.25, 0.3) is 0 Å². The average Bonchev–Trinajstić information content (AvgIpc) is 2.78. The van der Waals surface area contributed by atoms with Crippen LogP contribution in [0.1, 0.15) is 27.2 Å². The van der Waals surface area contributed by atoms with Gasteiger partial charge in [0.05, 0.1) is 27.1 Å². The van der Waals surface area contributed by atoms with Crippen LogP contribution >= 0.6 is 11.3 Å². The summed E-state index contributed by atoms with van der Waals surface area (Å²) in [5.41, 5.74) is 5.94. The molecule has 3 N–H and O–H groups in total. The van der Waals surface area contributed by atoms with Gasteiger partial charge in [-0.2, -0.15) is 0 Å². The van der Waals surface area contributed by atoms with E-state index in [-0.39, 0.29) is 6.04 Å². The van der Waals surface area contributed by atoms with Crippen molar-refractivity contribution >= 4 is 22.2 Å². The second kappa shape index (κ2) is 5.28. The monoisotopic (exact) mass is 284 g/mol. The third-order valence-corrected chi connectivity index (χ3v) is 4.45. The molecule has 2 aromatic heterocycles. The number of thiazole rings is 1. The smallest absolute Gasteiger partial charge is 0.0900 e. The zero-order valence-electron chi connectivity index (χ0n) is 11.4. The van der Waals surface area contributed by atoms with Crippen LogP contribution in [-0.4, -0.2) is 9.97 Å². The molecule has 0 aliphatic rings. The van der Waals surface area contributed by atoms with Gasteiger partial charge in [0.1, 0.15) is 0 Å². The van der Waals surface area contributed by atoms with Crippen LogP contribution < -0.4 is 11.3 Å². The van der Waals surface area contributed by atoms with Crippen molar-refractivity contribution in [2.45, 2.75) is 19.9 Å². The molecule has 0 fully saturated rings. The minimum atomic E-state index is -0.0710. The van der Waals surface area contributed by atoms with Gasteiger partial charge in [0.2, 0.25) is 0 Å². The number of hydrogen-bond donors (Lipinski definition) is 2. The highest BCUT2D eigenvalue weighted by Gasteiger charge is 2.18. The molecule has 0 radical (unpaired) electrons. The highest BCUT2D eigenvalue weighted by molar-refractivity contribution is 7.11. The Hall–Kier alpha value is -1.82. The predicted octanol–water partition coefficient (Wildman–Crippen LogP) is 2.86. The first-order chi connectivity index (χ1) is 9.69. The Morgan fingerprint density at radius 2 is 2.05 bits per heavy atom. The number of rotatable bonds is 3. The molecule has 0 aliphatic carbocycles. The fraction of sp³-hybridized carbons (Fsp3) is 0.200. The molecule has 0 saturated carbocycles. The molecule has 2 heterocycles. The summed E-state index contributed by atoms with van der Waals surface area (Å²) >= 11 is 1.67. The number of aryl methyl sites for hydroxylation is 2. The van der Waals surface area contributed by atoms with Crippen molar-refractivity contribution in [1.29, 1.82) is 0 Å². The van der Waals surface area contributed by atoms with E-state index in [9.17, 15) is 0 Å². The molecule has 0 amide bonds. The lowest BCUT2D eigenvalue weighted by Gasteiger charge is -2.15. The second-order valence-corrected chi connectivity index (χ2v) is 5.98. The summed E-state index contributed by atoms with van der Waals surface area (Å²) in [4.78, 5) is 10.1. The van der Waals surface area contributed by atoms with Crippen LogP contribution in [0, 0.1) is 13.8 Å². The molecule has 0 saturated heterocycles. The minimum absolute atomic E-state index is 0.0710. The van der Waals surface area contributed by atoms with E-state index in [0.29, 0.717) is 0 Å². The Morgan fingerprint density at radius 3 is 2.75 bits per heavy atom. The third kappa shape index (κ3) is 2.31. The van der Waals surface area contributed by atoms with Crippen LogP contribution in [0.4, 0.5) is 0 Å². The van der Waals surface area contributed by atoms with Gasteiger partial charge in [-0.3, -0.25) is 10.8 Å². The molecule has 5 heteroatoms. The van der Waals surface area contributed by atoms with Crippen molar-refractivity contribution < 1.29 is 0 Å². The maximum Gasteiger partial charge on any atom is 0.0900 e. The van der Waals surface area contributed by atoms with Crippen molar-refractivity contribution in [3.63, 3.8) is 0 Å². The van der Waals surface area contributed by atoms with E-state index in [1.165, 1.54) is 0 Å². The van der Waals surface area contributed by atoms with Crippen LogP contribution in [0.2, 0.25) is 0 Å². The Kier molecular flexibility index (Phi) is 3.48. The number of nitrogens with one attached hydrogen (secondary N) is 1. The van der Waals surface area contributed by atoms with Gasteiger partial charge in [-0.25, -0.2) is 10.4 Å². The van der Waals surface area contributed by atoms with E-state index in [2.05, 4.69) is 27.5 Å². The van der Waals surface area contributed by atoms with Gasteiger partial charge in [0, 0.05) is 11.6 Å². The molecule has 3 aromatic rings. The zero-order chi connectivity index (χ0) is 14.1. The second-order valence-electron chi connectivity index (χ2n) is 4.74. The van der Waals surface area contributed by atoms with Crippen molar-refractivity contribution in [2.75, 3.05) is 0 Å². The summed E-state index contributed by atoms with van der Waals surface area (Å²) < 4.78 is 0. The first-order valence-electron chi connectivity index (χ1n) is 6.44. The summed E-state index contributed by atoms with van der Waals surface area (Å²) in [6, 6.07) is 10.1. The first-order valence-corrected chi connectivity index (χ1v) is 7.25. The summed E-state index contributed by atoms with van der Waals surface area (Å²) in [6.07, 6.45) is 1.88. The highest BCUT2D eigenvalue weighted by atomic mass is 32.1. The average molecular weight is 284 g/mol. The number of nitrogens with two attached hydrogens (primary N) is 1. The van der Waals surface area contributed by atoms with E-state index in [1.54, 1.807) is 11.3 Å². The molecule has 0 aliphatic heterocycles. The van der Waals surface area contributed by atoms with E-state index in [4.69, 9.17) is 5.84 Å². The van der Waals surface area contributed by atoms with Crippen molar-refractivity contribution in [1.82, 2.24) is 15.4 Å². The van der Waals surface area contributed by atoms with E-state index >= 15 is 0 Å². The minimum Gasteiger partial charge on any atom is -0.271 e. The fourth-order valence-electron chi connectivity index (χ4n) is 2.38. The van der Waals surface area contributed by atoms with Crippen molar-refractivity contribution in [3.05, 3.63) is 57.7 Å². The predicted molar refractivity (Wildman–Crippen MR) is 82.5 cm³/mol. The standard InChI is InChI=1S/C15H16N4S/c1-9-15(20-10(2)18-9)14(19-16)12-7-11-5-3-4-6-13(11)17-8-12/h3-8,14,19H,16H2,1-2H3. The van der Waals surface area contributed by atoms with Gasteiger partial charge in [-0.15, -0.1) is 11.3 Å². The number of benzene rings is 1. The molecule has 3 rings (SSSR count). The maximum atomic E-state index is 5.76. The van der Waals surface area contributed by atoms with Crippen molar-refractivity contribution in [3.8, 4) is 0 Å². The lowest BCUT2D eigenvalue weighted by molar-refractivity contribution is 0.641. The van der Waals surface area contributed by atoms with E-state index in [1.807, 2.05) is 38.2 Å². The van der Waals surface area contributed by atoms with Crippen LogP contribution in [0.15, 0.2) is 36.5 Å². The number of hydrazine groups is 1. The largest absolute Gasteiger partial charge is 0.271 e. The van der Waals surface area contributed by atoms with Gasteiger partial charge in [-0.05, 0) is 31.5 Å². The Balaban J connectivity index is 2.09. The first kappa shape index (κ1) is 13.2. The topological polar surface area (TPSA) is 63.8 Å². The van der Waals surface area contributed by atoms with Gasteiger partial charge >= 0.3 is 0 Å². The van der Waals surface area contributed by atoms with Crippen LogP contribution in [0.3, 0.4) is 0 Å². The lowest BCUT2D eigenvalue weighted by atomic mass is 10.0. The summed E-state index contributed by atoms with van der Waals surface area (Å²) in [5, 5.41) is 2.16. The summed E-state index contributed by atoms with van der Waals surface area (Å²) in [6.45, 7) is 4.02. The van der Waals surface area contributed by atoms with Crippen molar-refractivity contribution in [2.24, 2.45) is 5.84 Å². The molecule has 0 spiro atoms. The lowest BCUT2D eigenvalue weighted by Crippen LogP contribution is -2.28. The Bertz CT molecular complexity index is 750. The molecular weight excluding hydrogens is 268 g/mol. The van der Waals surface area contributed by atoms with Gasteiger partial charge in [-0.1, -0.05) is 18.2 Å². The molecule has 1 unspecified atom stereocenters. The number of pyridine rings is 1.